The summed E-state index contributed by atoms with van der Waals surface area (Å²) in [6, 6.07) is 20.7. The van der Waals surface area contributed by atoms with E-state index in [0.29, 0.717) is 30.3 Å². The number of aromatic nitrogens is 3. The Morgan fingerprint density at radius 3 is 2.45 bits per heavy atom. The Bertz CT molecular complexity index is 1350. The van der Waals surface area contributed by atoms with Crippen LogP contribution in [-0.4, -0.2) is 32.6 Å². The smallest absolute Gasteiger partial charge is 0.265 e. The van der Waals surface area contributed by atoms with Gasteiger partial charge in [0, 0.05) is 18.4 Å². The van der Waals surface area contributed by atoms with Crippen LogP contribution in [0.1, 0.15) is 29.5 Å². The molecule has 2 aromatic heterocycles. The molecule has 0 fully saturated rings. The van der Waals surface area contributed by atoms with Crippen LogP contribution in [0.4, 0.5) is 11.6 Å². The highest BCUT2D eigenvalue weighted by Gasteiger charge is 2.28. The van der Waals surface area contributed by atoms with Gasteiger partial charge in [0.05, 0.1) is 18.7 Å². The molecule has 3 heterocycles. The normalized spacial score (nSPS) is 15.9. The largest absolute Gasteiger partial charge is 0.298 e. The highest BCUT2D eigenvalue weighted by Crippen LogP contribution is 2.30. The number of fused-ring (bicyclic) bond motifs is 4. The summed E-state index contributed by atoms with van der Waals surface area (Å²) >= 11 is 0. The summed E-state index contributed by atoms with van der Waals surface area (Å²) in [6.45, 7) is 2.08. The van der Waals surface area contributed by atoms with E-state index in [4.69, 9.17) is 4.98 Å². The number of anilines is 2. The zero-order valence-electron chi connectivity index (χ0n) is 18.7. The van der Waals surface area contributed by atoms with Crippen molar-refractivity contribution in [3.8, 4) is 0 Å². The number of rotatable bonds is 4. The van der Waals surface area contributed by atoms with Crippen molar-refractivity contribution < 1.29 is 0 Å². The lowest BCUT2D eigenvalue weighted by molar-refractivity contribution is 0.202. The second kappa shape index (κ2) is 8.45. The van der Waals surface area contributed by atoms with Crippen LogP contribution in [0.25, 0.3) is 11.0 Å². The van der Waals surface area contributed by atoms with Gasteiger partial charge < -0.3 is 0 Å². The number of hydrogen-bond acceptors (Lipinski definition) is 5. The molecule has 0 radical (unpaired) electrons. The van der Waals surface area contributed by atoms with Gasteiger partial charge in [-0.05, 0) is 60.9 Å². The highest BCUT2D eigenvalue weighted by molar-refractivity contribution is 5.81. The van der Waals surface area contributed by atoms with Crippen molar-refractivity contribution >= 4 is 22.7 Å². The lowest BCUT2D eigenvalue weighted by atomic mass is 9.91. The van der Waals surface area contributed by atoms with Crippen LogP contribution >= 0.6 is 0 Å². The minimum Gasteiger partial charge on any atom is -0.298 e. The van der Waals surface area contributed by atoms with Crippen LogP contribution in [0.2, 0.25) is 0 Å². The third-order valence-electron chi connectivity index (χ3n) is 6.84. The van der Waals surface area contributed by atoms with Crippen molar-refractivity contribution in [2.24, 2.45) is 0 Å². The van der Waals surface area contributed by atoms with E-state index in [2.05, 4.69) is 51.2 Å². The van der Waals surface area contributed by atoms with Gasteiger partial charge in [-0.1, -0.05) is 48.5 Å². The first kappa shape index (κ1) is 20.1. The third kappa shape index (κ3) is 3.70. The summed E-state index contributed by atoms with van der Waals surface area (Å²) in [7, 11) is 0. The van der Waals surface area contributed by atoms with E-state index in [0.717, 1.165) is 49.9 Å². The van der Waals surface area contributed by atoms with Gasteiger partial charge in [0.2, 0.25) is 5.95 Å². The monoisotopic (exact) mass is 437 g/mol. The molecule has 0 saturated carbocycles. The van der Waals surface area contributed by atoms with E-state index in [-0.39, 0.29) is 5.56 Å². The van der Waals surface area contributed by atoms with Gasteiger partial charge in [0.1, 0.15) is 0 Å². The summed E-state index contributed by atoms with van der Waals surface area (Å²) in [5, 5.41) is 0.717. The maximum atomic E-state index is 13.9. The Morgan fingerprint density at radius 2 is 1.64 bits per heavy atom. The molecule has 0 atom stereocenters. The van der Waals surface area contributed by atoms with Gasteiger partial charge in [-0.25, -0.2) is 4.98 Å². The summed E-state index contributed by atoms with van der Waals surface area (Å²) in [4.78, 5) is 27.9. The van der Waals surface area contributed by atoms with Crippen LogP contribution in [0, 0.1) is 0 Å². The topological polar surface area (TPSA) is 54.3 Å². The Balaban J connectivity index is 1.45. The van der Waals surface area contributed by atoms with Gasteiger partial charge in [0.25, 0.3) is 5.56 Å². The third-order valence-corrected chi connectivity index (χ3v) is 6.84. The average molecular weight is 438 g/mol. The van der Waals surface area contributed by atoms with Gasteiger partial charge in [-0.2, -0.15) is 4.98 Å². The second-order valence-electron chi connectivity index (χ2n) is 8.99. The fourth-order valence-corrected chi connectivity index (χ4v) is 5.11. The molecule has 6 rings (SSSR count). The summed E-state index contributed by atoms with van der Waals surface area (Å²) in [5.74, 6) is 0.679. The van der Waals surface area contributed by atoms with Crippen LogP contribution in [-0.2, 0) is 25.9 Å². The lowest BCUT2D eigenvalue weighted by Crippen LogP contribution is -2.48. The predicted octanol–water partition coefficient (Wildman–Crippen LogP) is 4.28. The zero-order valence-corrected chi connectivity index (χ0v) is 18.7. The minimum atomic E-state index is 0.0339. The van der Waals surface area contributed by atoms with Crippen LogP contribution in [0.3, 0.4) is 0 Å². The second-order valence-corrected chi connectivity index (χ2v) is 8.99. The minimum absolute atomic E-state index is 0.0339. The first-order chi connectivity index (χ1) is 16.3. The van der Waals surface area contributed by atoms with Gasteiger partial charge in [-0.15, -0.1) is 0 Å². The quantitative estimate of drug-likeness (QED) is 0.477. The lowest BCUT2D eigenvalue weighted by Gasteiger charge is -2.38. The van der Waals surface area contributed by atoms with Gasteiger partial charge >= 0.3 is 0 Å². The molecule has 0 saturated heterocycles. The van der Waals surface area contributed by atoms with E-state index >= 15 is 0 Å². The molecule has 1 aliphatic carbocycles. The zero-order chi connectivity index (χ0) is 22.2. The molecule has 33 heavy (non-hydrogen) atoms. The summed E-state index contributed by atoms with van der Waals surface area (Å²) in [6.07, 6.45) is 7.08. The average Bonchev–Trinajstić information content (AvgIpc) is 2.88. The van der Waals surface area contributed by atoms with E-state index < -0.39 is 0 Å². The Hall–Kier alpha value is -3.51. The number of hydrogen-bond donors (Lipinski definition) is 0. The van der Waals surface area contributed by atoms with Crippen molar-refractivity contribution in [2.45, 2.75) is 38.8 Å². The highest BCUT2D eigenvalue weighted by atomic mass is 16.1. The van der Waals surface area contributed by atoms with Crippen molar-refractivity contribution in [1.29, 1.82) is 0 Å². The van der Waals surface area contributed by atoms with E-state index in [1.165, 1.54) is 11.1 Å². The molecule has 0 amide bonds. The summed E-state index contributed by atoms with van der Waals surface area (Å²) in [5.41, 5.74) is 5.31. The molecule has 2 aliphatic rings. The first-order valence-electron chi connectivity index (χ1n) is 11.8. The molecule has 0 bridgehead atoms. The molecule has 0 spiro atoms. The van der Waals surface area contributed by atoms with Crippen molar-refractivity contribution in [2.75, 3.05) is 18.1 Å². The predicted molar refractivity (Wildman–Crippen MR) is 131 cm³/mol. The number of pyridine rings is 1. The standard InChI is InChI=1S/C27H27N5O/c33-26-24-23-14-8-7-11-21(23)17-28-25(24)29-27-31(22-12-5-2-6-13-22)18-30(19-32(26)27)16-15-20-9-3-1-4-10-20/h1-6,9-10,12-13,17H,7-8,11,14-16,18-19H2. The molecule has 166 valence electrons. The van der Waals surface area contributed by atoms with E-state index in [9.17, 15) is 4.79 Å². The fraction of sp³-hybridized carbons (Fsp3) is 0.296. The van der Waals surface area contributed by atoms with Crippen molar-refractivity contribution in [3.63, 3.8) is 0 Å². The molecule has 4 aromatic rings. The van der Waals surface area contributed by atoms with Crippen molar-refractivity contribution in [1.82, 2.24) is 19.4 Å². The van der Waals surface area contributed by atoms with Crippen LogP contribution < -0.4 is 10.5 Å². The Morgan fingerprint density at radius 1 is 0.879 bits per heavy atom. The maximum Gasteiger partial charge on any atom is 0.265 e. The Labute approximate surface area is 193 Å². The molecule has 1 aliphatic heterocycles. The van der Waals surface area contributed by atoms with Crippen LogP contribution in [0.5, 0.6) is 0 Å². The summed E-state index contributed by atoms with van der Waals surface area (Å²) < 4.78 is 1.85. The molecule has 2 aromatic carbocycles. The molecular formula is C27H27N5O. The number of benzene rings is 2. The van der Waals surface area contributed by atoms with E-state index in [1.54, 1.807) is 0 Å². The van der Waals surface area contributed by atoms with Gasteiger partial charge in [-0.3, -0.25) is 19.2 Å². The fourth-order valence-electron chi connectivity index (χ4n) is 5.11. The molecular weight excluding hydrogens is 410 g/mol. The molecule has 6 nitrogen and oxygen atoms in total. The van der Waals surface area contributed by atoms with Gasteiger partial charge in [0.15, 0.2) is 5.65 Å². The molecule has 0 N–H and O–H groups in total. The number of para-hydroxylation sites is 1. The van der Waals surface area contributed by atoms with Crippen molar-refractivity contribution in [3.05, 3.63) is 93.9 Å². The first-order valence-corrected chi connectivity index (χ1v) is 11.8. The molecule has 6 heteroatoms. The van der Waals surface area contributed by atoms with Crippen LogP contribution in [0.15, 0.2) is 71.7 Å². The SMILES string of the molecule is O=c1c2c3c(cnc2nc2n1CN(CCc1ccccc1)CN2c1ccccc1)CCCC3. The number of nitrogens with zero attached hydrogens (tertiary/aromatic N) is 5. The van der Waals surface area contributed by atoms with E-state index in [1.807, 2.05) is 35.0 Å². The number of aryl methyl sites for hydroxylation is 2. The molecule has 0 unspecified atom stereocenters. The maximum absolute atomic E-state index is 13.9. The Kier molecular flexibility index (Phi) is 5.15.